The Kier molecular flexibility index (Phi) is 7.88. The Morgan fingerprint density at radius 3 is 2.69 bits per heavy atom. The van der Waals surface area contributed by atoms with E-state index in [0.29, 0.717) is 12.1 Å². The third kappa shape index (κ3) is 5.71. The highest BCUT2D eigenvalue weighted by Crippen LogP contribution is 2.26. The summed E-state index contributed by atoms with van der Waals surface area (Å²) in [6.45, 7) is 7.59. The summed E-state index contributed by atoms with van der Waals surface area (Å²) in [4.78, 5) is 33.8. The van der Waals surface area contributed by atoms with Crippen LogP contribution in [-0.4, -0.2) is 40.0 Å². The molecule has 0 bridgehead atoms. The van der Waals surface area contributed by atoms with E-state index in [-0.39, 0.29) is 18.2 Å². The molecule has 9 heteroatoms. The van der Waals surface area contributed by atoms with Crippen molar-refractivity contribution in [1.82, 2.24) is 14.1 Å². The lowest BCUT2D eigenvalue weighted by Crippen LogP contribution is -2.22. The van der Waals surface area contributed by atoms with Crippen molar-refractivity contribution < 1.29 is 9.53 Å². The molecule has 0 saturated heterocycles. The number of rotatable bonds is 8. The molecule has 3 aromatic rings. The van der Waals surface area contributed by atoms with Crippen molar-refractivity contribution in [2.24, 2.45) is 12.0 Å². The molecule has 0 unspecified atom stereocenters. The van der Waals surface area contributed by atoms with Crippen LogP contribution in [0.25, 0.3) is 11.3 Å². The Balaban J connectivity index is 1.64. The molecule has 1 aliphatic heterocycles. The summed E-state index contributed by atoms with van der Waals surface area (Å²) in [7, 11) is 3.19. The number of benzene rings is 1. The van der Waals surface area contributed by atoms with E-state index in [0.717, 1.165) is 39.5 Å². The van der Waals surface area contributed by atoms with Gasteiger partial charge in [0.25, 0.3) is 0 Å². The molecule has 9 nitrogen and oxygen atoms in total. The van der Waals surface area contributed by atoms with Crippen LogP contribution in [0.3, 0.4) is 0 Å². The lowest BCUT2D eigenvalue weighted by molar-refractivity contribution is -0.119. The van der Waals surface area contributed by atoms with E-state index in [1.165, 1.54) is 7.11 Å². The predicted molar refractivity (Wildman–Crippen MR) is 152 cm³/mol. The number of hydrogen-bond donors (Lipinski definition) is 1. The van der Waals surface area contributed by atoms with Crippen LogP contribution in [0.5, 0.6) is 0 Å². The van der Waals surface area contributed by atoms with Crippen molar-refractivity contribution in [1.29, 1.82) is 5.26 Å². The van der Waals surface area contributed by atoms with Crippen molar-refractivity contribution in [2.45, 2.75) is 25.7 Å². The molecule has 4 rings (SSSR count). The third-order valence-electron chi connectivity index (χ3n) is 6.54. The van der Waals surface area contributed by atoms with Gasteiger partial charge in [-0.15, -0.1) is 0 Å². The van der Waals surface area contributed by atoms with E-state index in [1.807, 2.05) is 50.3 Å². The van der Waals surface area contributed by atoms with Gasteiger partial charge in [-0.3, -0.25) is 23.9 Å². The van der Waals surface area contributed by atoms with E-state index in [1.54, 1.807) is 46.9 Å². The third-order valence-corrected chi connectivity index (χ3v) is 6.54. The quantitative estimate of drug-likeness (QED) is 0.448. The molecule has 0 radical (unpaired) electrons. The van der Waals surface area contributed by atoms with Crippen molar-refractivity contribution in [3.05, 3.63) is 106 Å². The minimum atomic E-state index is -0.623. The fraction of sp³-hybridized carbons (Fsp3) is 0.233. The maximum atomic E-state index is 13.2. The van der Waals surface area contributed by atoms with Gasteiger partial charge in [0.2, 0.25) is 5.91 Å². The number of pyridine rings is 1. The average molecular weight is 523 g/mol. The first-order valence-corrected chi connectivity index (χ1v) is 12.3. The van der Waals surface area contributed by atoms with Gasteiger partial charge in [0.05, 0.1) is 46.7 Å². The number of ether oxygens (including phenoxy) is 1. The van der Waals surface area contributed by atoms with Crippen molar-refractivity contribution >= 4 is 23.4 Å². The second-order valence-corrected chi connectivity index (χ2v) is 9.66. The van der Waals surface area contributed by atoms with Crippen molar-refractivity contribution in [3.8, 4) is 11.8 Å². The molecular weight excluding hydrogens is 492 g/mol. The summed E-state index contributed by atoms with van der Waals surface area (Å²) in [6, 6.07) is 11.6. The van der Waals surface area contributed by atoms with Crippen LogP contribution >= 0.6 is 0 Å². The number of carbonyl (C=O) groups excluding carboxylic acids is 1. The molecule has 39 heavy (non-hydrogen) atoms. The molecule has 1 N–H and O–H groups in total. The predicted octanol–water partition coefficient (Wildman–Crippen LogP) is 4.09. The first-order valence-electron chi connectivity index (χ1n) is 12.3. The summed E-state index contributed by atoms with van der Waals surface area (Å²) in [6.07, 6.45) is 10.9. The number of hydrogen-bond acceptors (Lipinski definition) is 6. The molecule has 1 amide bonds. The minimum absolute atomic E-state index is 0.0486. The van der Waals surface area contributed by atoms with Crippen LogP contribution in [0.1, 0.15) is 36.4 Å². The number of allylic oxidation sites excluding steroid dienone is 5. The molecule has 0 spiro atoms. The Hall–Kier alpha value is -4.81. The van der Waals surface area contributed by atoms with E-state index in [2.05, 4.69) is 27.9 Å². The lowest BCUT2D eigenvalue weighted by Gasteiger charge is -2.17. The summed E-state index contributed by atoms with van der Waals surface area (Å²) < 4.78 is 8.13. The smallest absolute Gasteiger partial charge is 0.333 e. The van der Waals surface area contributed by atoms with E-state index in [9.17, 15) is 14.9 Å². The number of imidazole rings is 1. The van der Waals surface area contributed by atoms with Gasteiger partial charge in [-0.05, 0) is 49.3 Å². The first-order chi connectivity index (χ1) is 18.7. The maximum absolute atomic E-state index is 13.2. The highest BCUT2D eigenvalue weighted by atomic mass is 16.5. The van der Waals surface area contributed by atoms with Gasteiger partial charge in [0.15, 0.2) is 0 Å². The second-order valence-electron chi connectivity index (χ2n) is 9.66. The summed E-state index contributed by atoms with van der Waals surface area (Å²) in [5.41, 5.74) is 5.27. The molecule has 0 fully saturated rings. The summed E-state index contributed by atoms with van der Waals surface area (Å²) in [5, 5.41) is 12.2. The van der Waals surface area contributed by atoms with E-state index < -0.39 is 5.41 Å². The van der Waals surface area contributed by atoms with Gasteiger partial charge in [-0.1, -0.05) is 30.9 Å². The fourth-order valence-electron chi connectivity index (χ4n) is 4.29. The number of fused-ring (bicyclic) bond motifs is 1. The summed E-state index contributed by atoms with van der Waals surface area (Å²) in [5.74, 6) is -0.271. The highest BCUT2D eigenvalue weighted by Gasteiger charge is 2.23. The standard InChI is InChI=1S/C30H30N6O3/c1-6-20(21-13-24(16-32-15-21)34-28(37)18-39-5)7-10-23-14-26-27(17-33-23)35(4)29(38)36(26)25-11-8-22(9-12-25)30(2,3)19-31/h6-13,15-17H,1,14,18H2,2-5H3,(H,34,37)/b20-7+,23-10+. The number of amides is 1. The molecule has 1 aliphatic rings. The van der Waals surface area contributed by atoms with Crippen molar-refractivity contribution in [3.63, 3.8) is 0 Å². The van der Waals surface area contributed by atoms with Crippen LogP contribution < -0.4 is 11.0 Å². The van der Waals surface area contributed by atoms with Gasteiger partial charge >= 0.3 is 5.69 Å². The number of nitrogens with one attached hydrogen (secondary N) is 1. The zero-order valence-electron chi connectivity index (χ0n) is 22.4. The number of methoxy groups -OCH3 is 1. The van der Waals surface area contributed by atoms with Gasteiger partial charge in [-0.25, -0.2) is 4.79 Å². The minimum Gasteiger partial charge on any atom is -0.375 e. The van der Waals surface area contributed by atoms with E-state index in [4.69, 9.17) is 4.74 Å². The monoisotopic (exact) mass is 522 g/mol. The highest BCUT2D eigenvalue weighted by molar-refractivity contribution is 5.92. The topological polar surface area (TPSA) is 114 Å². The molecule has 198 valence electrons. The number of nitriles is 1. The average Bonchev–Trinajstić information content (AvgIpc) is 3.18. The SMILES string of the molecule is C=C/C(=C\C=C1/Cc2c(n(C)c(=O)n2-c2ccc(C(C)(C)C#N)cc2)C=N1)c1cncc(NC(=O)COC)c1. The number of carbonyl (C=O) groups is 1. The lowest BCUT2D eigenvalue weighted by atomic mass is 9.86. The second kappa shape index (κ2) is 11.3. The van der Waals surface area contributed by atoms with Crippen LogP contribution in [0, 0.1) is 11.3 Å². The van der Waals surface area contributed by atoms with Crippen LogP contribution in [0.15, 0.2) is 83.0 Å². The molecular formula is C30H30N6O3. The molecule has 0 atom stereocenters. The first kappa shape index (κ1) is 27.2. The van der Waals surface area contributed by atoms with Gasteiger partial charge in [0.1, 0.15) is 6.61 Å². The van der Waals surface area contributed by atoms with Crippen LogP contribution in [0.4, 0.5) is 5.69 Å². The van der Waals surface area contributed by atoms with Gasteiger partial charge in [-0.2, -0.15) is 5.26 Å². The van der Waals surface area contributed by atoms with Gasteiger partial charge < -0.3 is 10.1 Å². The number of aliphatic imine (C=N–C) groups is 1. The molecule has 2 aromatic heterocycles. The van der Waals surface area contributed by atoms with Crippen LogP contribution in [-0.2, 0) is 28.4 Å². The normalized spacial score (nSPS) is 14.1. The maximum Gasteiger partial charge on any atom is 0.333 e. The molecule has 0 aliphatic carbocycles. The largest absolute Gasteiger partial charge is 0.375 e. The number of nitrogens with zero attached hydrogens (tertiary/aromatic N) is 5. The number of anilines is 1. The van der Waals surface area contributed by atoms with Gasteiger partial charge in [0, 0.05) is 38.0 Å². The number of aromatic nitrogens is 3. The Bertz CT molecular complexity index is 1610. The molecule has 3 heterocycles. The van der Waals surface area contributed by atoms with E-state index >= 15 is 0 Å². The Morgan fingerprint density at radius 2 is 2.03 bits per heavy atom. The zero-order chi connectivity index (χ0) is 28.2. The zero-order valence-corrected chi connectivity index (χ0v) is 22.4. The fourth-order valence-corrected chi connectivity index (χ4v) is 4.29. The Morgan fingerprint density at radius 1 is 1.28 bits per heavy atom. The van der Waals surface area contributed by atoms with Crippen molar-refractivity contribution in [2.75, 3.05) is 19.0 Å². The molecule has 0 saturated carbocycles. The Labute approximate surface area is 227 Å². The molecule has 1 aromatic carbocycles. The summed E-state index contributed by atoms with van der Waals surface area (Å²) >= 11 is 0. The van der Waals surface area contributed by atoms with Crippen LogP contribution in [0.2, 0.25) is 0 Å².